The molecule has 3 N–H and O–H groups in total. The molecule has 2 atom stereocenters. The van der Waals surface area contributed by atoms with E-state index in [-0.39, 0.29) is 34.0 Å². The van der Waals surface area contributed by atoms with Crippen LogP contribution in [0.3, 0.4) is 0 Å². The van der Waals surface area contributed by atoms with Crippen LogP contribution in [0, 0.1) is 6.92 Å². The molecule has 2 amide bonds. The summed E-state index contributed by atoms with van der Waals surface area (Å²) < 4.78 is 105. The molecule has 42 heavy (non-hydrogen) atoms. The van der Waals surface area contributed by atoms with Crippen molar-refractivity contribution in [2.75, 3.05) is 16.2 Å². The summed E-state index contributed by atoms with van der Waals surface area (Å²) in [6.07, 6.45) is -6.80. The summed E-state index contributed by atoms with van der Waals surface area (Å²) >= 11 is 0. The maximum Gasteiger partial charge on any atom is 0.427 e. The number of sulfonamides is 1. The Bertz CT molecular complexity index is 1450. The summed E-state index contributed by atoms with van der Waals surface area (Å²) in [6, 6.07) is 2.37. The van der Waals surface area contributed by atoms with Gasteiger partial charge < -0.3 is 19.9 Å². The van der Waals surface area contributed by atoms with E-state index < -0.39 is 63.0 Å². The molecule has 1 unspecified atom stereocenters. The first-order valence-corrected chi connectivity index (χ1v) is 13.8. The fraction of sp³-hybridized carbons (Fsp3) is 0.542. The molecule has 1 aliphatic rings. The quantitative estimate of drug-likeness (QED) is 0.375. The highest BCUT2D eigenvalue weighted by Gasteiger charge is 2.51. The molecule has 0 aliphatic carbocycles. The second kappa shape index (κ2) is 11.2. The zero-order chi connectivity index (χ0) is 32.0. The van der Waals surface area contributed by atoms with E-state index in [2.05, 4.69) is 20.5 Å². The van der Waals surface area contributed by atoms with Crippen LogP contribution in [0.25, 0.3) is 0 Å². The number of aryl methyl sites for hydroxylation is 1. The number of fused-ring (bicyclic) bond motifs is 1. The number of nitrogens with one attached hydrogen (secondary N) is 2. The first-order chi connectivity index (χ1) is 19.1. The highest BCUT2D eigenvalue weighted by Crippen LogP contribution is 2.42. The standard InChI is InChI=1S/C24H30F5N5O7S/c1-12-18(11-33(32-12)20(25)26)42(38,39)34-13(2)17(10-30-19(35)22(3,4)37)40-16-8-7-14(9-15(16)34)31-21(36)41-23(5,6)24(27,28)29/h7-9,11,13,17,20,37H,10H2,1-6H3,(H,30,35)(H,31,36)/t13-,17?/m1/s1. The second-order valence-corrected chi connectivity index (χ2v) is 12.3. The molecule has 2 heterocycles. The molecule has 18 heteroatoms. The normalized spacial score (nSPS) is 17.9. The number of carbonyl (C=O) groups is 2. The van der Waals surface area contributed by atoms with Gasteiger partial charge in [0.05, 0.1) is 30.2 Å². The van der Waals surface area contributed by atoms with Gasteiger partial charge in [-0.25, -0.2) is 17.9 Å². The maximum absolute atomic E-state index is 13.9. The lowest BCUT2D eigenvalue weighted by Crippen LogP contribution is -2.56. The van der Waals surface area contributed by atoms with E-state index in [1.165, 1.54) is 39.8 Å². The lowest BCUT2D eigenvalue weighted by Gasteiger charge is -2.41. The number of aromatic nitrogens is 2. The molecule has 0 fully saturated rings. The molecule has 0 bridgehead atoms. The van der Waals surface area contributed by atoms with Crippen LogP contribution in [0.15, 0.2) is 29.3 Å². The third-order valence-electron chi connectivity index (χ3n) is 6.29. The Morgan fingerprint density at radius 3 is 2.33 bits per heavy atom. The molecule has 0 radical (unpaired) electrons. The van der Waals surface area contributed by atoms with Gasteiger partial charge in [-0.1, -0.05) is 0 Å². The number of hydrogen-bond donors (Lipinski definition) is 3. The lowest BCUT2D eigenvalue weighted by atomic mass is 10.1. The number of alkyl halides is 5. The highest BCUT2D eigenvalue weighted by atomic mass is 32.2. The Kier molecular flexibility index (Phi) is 8.76. The average Bonchev–Trinajstić information content (AvgIpc) is 3.23. The van der Waals surface area contributed by atoms with Gasteiger partial charge in [-0.05, 0) is 59.7 Å². The van der Waals surface area contributed by atoms with Crippen LogP contribution in [0.1, 0.15) is 46.9 Å². The third kappa shape index (κ3) is 6.69. The number of hydrogen-bond acceptors (Lipinski definition) is 8. The van der Waals surface area contributed by atoms with Crippen molar-refractivity contribution in [2.45, 2.75) is 82.5 Å². The van der Waals surface area contributed by atoms with Crippen LogP contribution in [0.4, 0.5) is 38.1 Å². The van der Waals surface area contributed by atoms with Crippen LogP contribution < -0.4 is 19.7 Å². The van der Waals surface area contributed by atoms with E-state index in [0.29, 0.717) is 20.0 Å². The van der Waals surface area contributed by atoms with Gasteiger partial charge in [-0.15, -0.1) is 0 Å². The molecular weight excluding hydrogens is 597 g/mol. The Hall–Kier alpha value is -3.67. The van der Waals surface area contributed by atoms with Gasteiger partial charge >= 0.3 is 18.8 Å². The minimum Gasteiger partial charge on any atom is -0.484 e. The summed E-state index contributed by atoms with van der Waals surface area (Å²) in [4.78, 5) is 23.9. The van der Waals surface area contributed by atoms with Crippen molar-refractivity contribution in [1.82, 2.24) is 15.1 Å². The Balaban J connectivity index is 2.05. The number of halogens is 5. The van der Waals surface area contributed by atoms with Gasteiger partial charge in [0, 0.05) is 5.69 Å². The zero-order valence-electron chi connectivity index (χ0n) is 23.3. The lowest BCUT2D eigenvalue weighted by molar-refractivity contribution is -0.242. The highest BCUT2D eigenvalue weighted by molar-refractivity contribution is 7.93. The van der Waals surface area contributed by atoms with Crippen molar-refractivity contribution in [1.29, 1.82) is 0 Å². The minimum atomic E-state index is -4.88. The van der Waals surface area contributed by atoms with E-state index in [1.54, 1.807) is 0 Å². The summed E-state index contributed by atoms with van der Waals surface area (Å²) in [5, 5.41) is 18.0. The molecule has 1 aromatic carbocycles. The van der Waals surface area contributed by atoms with Gasteiger partial charge in [0.25, 0.3) is 15.9 Å². The Morgan fingerprint density at radius 1 is 1.19 bits per heavy atom. The first kappa shape index (κ1) is 32.8. The smallest absolute Gasteiger partial charge is 0.427 e. The minimum absolute atomic E-state index is 0.0902. The van der Waals surface area contributed by atoms with E-state index >= 15 is 0 Å². The van der Waals surface area contributed by atoms with Crippen molar-refractivity contribution in [3.8, 4) is 5.75 Å². The molecule has 0 saturated heterocycles. The monoisotopic (exact) mass is 627 g/mol. The third-order valence-corrected chi connectivity index (χ3v) is 8.29. The molecule has 1 aliphatic heterocycles. The van der Waals surface area contributed by atoms with Crippen molar-refractivity contribution in [2.24, 2.45) is 0 Å². The summed E-state index contributed by atoms with van der Waals surface area (Å²) in [6.45, 7) is 2.92. The summed E-state index contributed by atoms with van der Waals surface area (Å²) in [7, 11) is -4.68. The molecule has 2 aromatic rings. The molecular formula is C24H30F5N5O7S. The Labute approximate surface area is 237 Å². The van der Waals surface area contributed by atoms with Gasteiger partial charge in [0.2, 0.25) is 5.60 Å². The predicted octanol–water partition coefficient (Wildman–Crippen LogP) is 3.71. The fourth-order valence-electron chi connectivity index (χ4n) is 3.83. The van der Waals surface area contributed by atoms with Gasteiger partial charge in [-0.3, -0.25) is 14.4 Å². The number of amides is 2. The molecule has 1 aromatic heterocycles. The maximum atomic E-state index is 13.9. The van der Waals surface area contributed by atoms with Gasteiger partial charge in [0.15, 0.2) is 0 Å². The largest absolute Gasteiger partial charge is 0.484 e. The summed E-state index contributed by atoms with van der Waals surface area (Å²) in [5.41, 5.74) is -5.25. The second-order valence-electron chi connectivity index (χ2n) is 10.5. The Morgan fingerprint density at radius 2 is 1.81 bits per heavy atom. The van der Waals surface area contributed by atoms with Crippen LogP contribution >= 0.6 is 0 Å². The number of ether oxygens (including phenoxy) is 2. The van der Waals surface area contributed by atoms with Crippen LogP contribution in [0.5, 0.6) is 5.75 Å². The first-order valence-electron chi connectivity index (χ1n) is 12.3. The van der Waals surface area contributed by atoms with E-state index in [1.807, 2.05) is 0 Å². The van der Waals surface area contributed by atoms with Crippen LogP contribution in [-0.2, 0) is 19.6 Å². The van der Waals surface area contributed by atoms with Crippen molar-refractivity contribution < 1.29 is 54.5 Å². The number of nitrogens with zero attached hydrogens (tertiary/aromatic N) is 3. The van der Waals surface area contributed by atoms with Gasteiger partial charge in [-0.2, -0.15) is 27.1 Å². The number of carbonyl (C=O) groups excluding carboxylic acids is 2. The molecule has 0 saturated carbocycles. The fourth-order valence-corrected chi connectivity index (χ4v) is 5.67. The van der Waals surface area contributed by atoms with E-state index in [9.17, 15) is 45.1 Å². The average molecular weight is 628 g/mol. The van der Waals surface area contributed by atoms with Crippen molar-refractivity contribution in [3.05, 3.63) is 30.1 Å². The van der Waals surface area contributed by atoms with Crippen LogP contribution in [-0.4, -0.2) is 71.4 Å². The molecule has 3 rings (SSSR count). The van der Waals surface area contributed by atoms with Crippen molar-refractivity contribution in [3.63, 3.8) is 0 Å². The molecule has 234 valence electrons. The van der Waals surface area contributed by atoms with Gasteiger partial charge in [0.1, 0.15) is 22.4 Å². The predicted molar refractivity (Wildman–Crippen MR) is 138 cm³/mol. The number of aliphatic hydroxyl groups is 1. The number of benzene rings is 1. The number of anilines is 2. The van der Waals surface area contributed by atoms with Crippen LogP contribution in [0.2, 0.25) is 0 Å². The van der Waals surface area contributed by atoms with Crippen molar-refractivity contribution >= 4 is 33.4 Å². The zero-order valence-corrected chi connectivity index (χ0v) is 24.1. The van der Waals surface area contributed by atoms with E-state index in [0.717, 1.165) is 10.4 Å². The molecule has 0 spiro atoms. The van der Waals surface area contributed by atoms with E-state index in [4.69, 9.17) is 4.74 Å². The molecule has 12 nitrogen and oxygen atoms in total. The topological polar surface area (TPSA) is 152 Å². The summed E-state index contributed by atoms with van der Waals surface area (Å²) in [5.74, 6) is -0.875. The number of rotatable bonds is 8. The SMILES string of the molecule is Cc1nn(C(F)F)cc1S(=O)(=O)N1c2cc(NC(=O)OC(C)(C)C(F)(F)F)ccc2OC(CNC(=O)C(C)(C)O)[C@H]1C.